The Kier molecular flexibility index (Phi) is 3.16. The van der Waals surface area contributed by atoms with Gasteiger partial charge in [0.25, 0.3) is 5.91 Å². The summed E-state index contributed by atoms with van der Waals surface area (Å²) in [5.41, 5.74) is 0.660. The Labute approximate surface area is 119 Å². The molecule has 1 N–H and O–H groups in total. The van der Waals surface area contributed by atoms with Gasteiger partial charge < -0.3 is 9.88 Å². The van der Waals surface area contributed by atoms with Gasteiger partial charge in [0.2, 0.25) is 0 Å². The highest BCUT2D eigenvalue weighted by atomic mass is 32.1. The van der Waals surface area contributed by atoms with Gasteiger partial charge in [-0.3, -0.25) is 4.79 Å². The Bertz CT molecular complexity index is 668. The van der Waals surface area contributed by atoms with Gasteiger partial charge in [0.05, 0.1) is 6.04 Å². The highest BCUT2D eigenvalue weighted by molar-refractivity contribution is 7.16. The summed E-state index contributed by atoms with van der Waals surface area (Å²) in [6, 6.07) is 8.11. The van der Waals surface area contributed by atoms with Crippen molar-refractivity contribution in [3.63, 3.8) is 0 Å². The van der Waals surface area contributed by atoms with Crippen molar-refractivity contribution in [3.8, 4) is 0 Å². The van der Waals surface area contributed by atoms with Crippen LogP contribution in [0.15, 0.2) is 35.0 Å². The third kappa shape index (κ3) is 2.19. The molecule has 1 amide bonds. The summed E-state index contributed by atoms with van der Waals surface area (Å²) in [5, 5.41) is 5.16. The second-order valence-electron chi connectivity index (χ2n) is 4.50. The van der Waals surface area contributed by atoms with Crippen LogP contribution in [0.25, 0.3) is 10.2 Å². The van der Waals surface area contributed by atoms with Crippen molar-refractivity contribution in [1.29, 1.82) is 0 Å². The summed E-state index contributed by atoms with van der Waals surface area (Å²) >= 11 is 3.30. The number of carbonyl (C=O) groups excluding carboxylic acids is 1. The van der Waals surface area contributed by atoms with Crippen LogP contribution >= 0.6 is 22.7 Å². The normalized spacial score (nSPS) is 12.7. The summed E-state index contributed by atoms with van der Waals surface area (Å²) in [6.07, 6.45) is 0. The number of aromatic amines is 1. The number of fused-ring (bicyclic) bond motifs is 1. The summed E-state index contributed by atoms with van der Waals surface area (Å²) in [6.45, 7) is 2.05. The maximum atomic E-state index is 12.5. The Morgan fingerprint density at radius 2 is 2.16 bits per heavy atom. The average molecular weight is 290 g/mol. The van der Waals surface area contributed by atoms with E-state index in [9.17, 15) is 4.79 Å². The van der Waals surface area contributed by atoms with Gasteiger partial charge in [0.1, 0.15) is 10.5 Å². The fourth-order valence-corrected chi connectivity index (χ4v) is 3.66. The number of rotatable bonds is 3. The van der Waals surface area contributed by atoms with Crippen molar-refractivity contribution in [1.82, 2.24) is 9.88 Å². The fraction of sp³-hybridized carbons (Fsp3) is 0.214. The molecule has 0 fully saturated rings. The quantitative estimate of drug-likeness (QED) is 0.773. The molecule has 3 heterocycles. The number of nitrogens with one attached hydrogen (secondary N) is 1. The van der Waals surface area contributed by atoms with Crippen molar-refractivity contribution in [2.24, 2.45) is 0 Å². The van der Waals surface area contributed by atoms with Crippen molar-refractivity contribution in [2.45, 2.75) is 13.0 Å². The highest BCUT2D eigenvalue weighted by Crippen LogP contribution is 2.26. The third-order valence-electron chi connectivity index (χ3n) is 3.33. The zero-order valence-electron chi connectivity index (χ0n) is 10.7. The van der Waals surface area contributed by atoms with Crippen LogP contribution in [0.1, 0.15) is 28.3 Å². The number of hydrogen-bond donors (Lipinski definition) is 1. The molecule has 19 heavy (non-hydrogen) atoms. The van der Waals surface area contributed by atoms with Crippen LogP contribution in [-0.2, 0) is 0 Å². The van der Waals surface area contributed by atoms with Crippen LogP contribution < -0.4 is 0 Å². The topological polar surface area (TPSA) is 36.1 Å². The first-order valence-corrected chi connectivity index (χ1v) is 7.79. The minimum atomic E-state index is 0.0318. The minimum absolute atomic E-state index is 0.0318. The molecule has 3 aromatic rings. The molecule has 1 atom stereocenters. The van der Waals surface area contributed by atoms with E-state index < -0.39 is 0 Å². The first-order chi connectivity index (χ1) is 9.16. The van der Waals surface area contributed by atoms with Crippen LogP contribution in [0, 0.1) is 0 Å². The summed E-state index contributed by atoms with van der Waals surface area (Å²) in [7, 11) is 1.85. The van der Waals surface area contributed by atoms with Gasteiger partial charge in [-0.25, -0.2) is 0 Å². The molecule has 0 spiro atoms. The molecule has 0 aliphatic carbocycles. The van der Waals surface area contributed by atoms with E-state index >= 15 is 0 Å². The van der Waals surface area contributed by atoms with Crippen LogP contribution in [0.5, 0.6) is 0 Å². The molecule has 0 aliphatic rings. The largest absolute Gasteiger partial charge is 0.342 e. The molecule has 3 rings (SSSR count). The lowest BCUT2D eigenvalue weighted by atomic mass is 10.2. The molecule has 3 nitrogen and oxygen atoms in total. The van der Waals surface area contributed by atoms with E-state index in [1.807, 2.05) is 36.0 Å². The maximum absolute atomic E-state index is 12.5. The second-order valence-corrected chi connectivity index (χ2v) is 6.39. The standard InChI is InChI=1S/C14H14N2OS2/c1-9(12-4-3-6-18-12)16(2)14(17)11-8-10-5-7-19-13(10)15-11/h3-9,15H,1-2H3. The number of thiophene rings is 2. The van der Waals surface area contributed by atoms with Crippen molar-refractivity contribution < 1.29 is 4.79 Å². The van der Waals surface area contributed by atoms with E-state index in [-0.39, 0.29) is 11.9 Å². The summed E-state index contributed by atoms with van der Waals surface area (Å²) in [4.78, 5) is 19.7. The lowest BCUT2D eigenvalue weighted by Crippen LogP contribution is -2.29. The predicted molar refractivity (Wildman–Crippen MR) is 81.0 cm³/mol. The lowest BCUT2D eigenvalue weighted by molar-refractivity contribution is 0.0740. The number of H-pyrrole nitrogens is 1. The predicted octanol–water partition coefficient (Wildman–Crippen LogP) is 4.12. The second kappa shape index (κ2) is 4.83. The van der Waals surface area contributed by atoms with E-state index in [0.717, 1.165) is 10.2 Å². The lowest BCUT2D eigenvalue weighted by Gasteiger charge is -2.23. The Morgan fingerprint density at radius 3 is 2.84 bits per heavy atom. The van der Waals surface area contributed by atoms with E-state index in [0.29, 0.717) is 5.69 Å². The van der Waals surface area contributed by atoms with Crippen molar-refractivity contribution in [3.05, 3.63) is 45.6 Å². The first kappa shape index (κ1) is 12.4. The monoisotopic (exact) mass is 290 g/mol. The molecule has 0 bridgehead atoms. The summed E-state index contributed by atoms with van der Waals surface area (Å²) in [5.74, 6) is 0.0318. The molecule has 0 aromatic carbocycles. The molecule has 98 valence electrons. The molecule has 5 heteroatoms. The van der Waals surface area contributed by atoms with Gasteiger partial charge >= 0.3 is 0 Å². The number of amides is 1. The smallest absolute Gasteiger partial charge is 0.270 e. The van der Waals surface area contributed by atoms with E-state index in [2.05, 4.69) is 18.0 Å². The molecule has 3 aromatic heterocycles. The van der Waals surface area contributed by atoms with Gasteiger partial charge in [-0.05, 0) is 35.9 Å². The van der Waals surface area contributed by atoms with Gasteiger partial charge in [-0.15, -0.1) is 22.7 Å². The molecule has 1 unspecified atom stereocenters. The first-order valence-electron chi connectivity index (χ1n) is 6.03. The van der Waals surface area contributed by atoms with E-state index in [4.69, 9.17) is 0 Å². The number of carbonyl (C=O) groups is 1. The SMILES string of the molecule is CC(c1cccs1)N(C)C(=O)c1cc2ccsc2[nH]1. The molecule has 0 saturated heterocycles. The van der Waals surface area contributed by atoms with Crippen LogP contribution in [0.3, 0.4) is 0 Å². The van der Waals surface area contributed by atoms with Gasteiger partial charge in [-0.2, -0.15) is 0 Å². The molecular formula is C14H14N2OS2. The molecular weight excluding hydrogens is 276 g/mol. The average Bonchev–Trinajstić information content (AvgIpc) is 3.10. The van der Waals surface area contributed by atoms with Crippen LogP contribution in [0.2, 0.25) is 0 Å². The third-order valence-corrected chi connectivity index (χ3v) is 5.22. The molecule has 0 saturated carbocycles. The maximum Gasteiger partial charge on any atom is 0.270 e. The van der Waals surface area contributed by atoms with Crippen molar-refractivity contribution in [2.75, 3.05) is 7.05 Å². The molecule has 0 aliphatic heterocycles. The van der Waals surface area contributed by atoms with Crippen LogP contribution in [0.4, 0.5) is 0 Å². The Morgan fingerprint density at radius 1 is 1.32 bits per heavy atom. The minimum Gasteiger partial charge on any atom is -0.342 e. The zero-order chi connectivity index (χ0) is 13.4. The fourth-order valence-electron chi connectivity index (χ4n) is 2.05. The zero-order valence-corrected chi connectivity index (χ0v) is 12.3. The Balaban J connectivity index is 1.85. The van der Waals surface area contributed by atoms with Crippen molar-refractivity contribution >= 4 is 38.8 Å². The molecule has 0 radical (unpaired) electrons. The summed E-state index contributed by atoms with van der Waals surface area (Å²) < 4.78 is 0. The number of nitrogens with zero attached hydrogens (tertiary/aromatic N) is 1. The number of hydrogen-bond acceptors (Lipinski definition) is 3. The van der Waals surface area contributed by atoms with Gasteiger partial charge in [-0.1, -0.05) is 6.07 Å². The van der Waals surface area contributed by atoms with E-state index in [1.165, 1.54) is 4.88 Å². The van der Waals surface area contributed by atoms with E-state index in [1.54, 1.807) is 27.6 Å². The number of aromatic nitrogens is 1. The van der Waals surface area contributed by atoms with Gasteiger partial charge in [0, 0.05) is 17.3 Å². The van der Waals surface area contributed by atoms with Gasteiger partial charge in [0.15, 0.2) is 0 Å². The Hall–Kier alpha value is -1.59. The van der Waals surface area contributed by atoms with Crippen LogP contribution in [-0.4, -0.2) is 22.8 Å². The highest BCUT2D eigenvalue weighted by Gasteiger charge is 2.21.